The molecule has 1 aromatic heterocycles. The summed E-state index contributed by atoms with van der Waals surface area (Å²) < 4.78 is 0.923. The van der Waals surface area contributed by atoms with Gasteiger partial charge in [-0.1, -0.05) is 45.8 Å². The first-order valence-corrected chi connectivity index (χ1v) is 13.2. The summed E-state index contributed by atoms with van der Waals surface area (Å²) in [6, 6.07) is 14.7. The highest BCUT2D eigenvalue weighted by atomic mass is 79.9. The molecule has 0 radical (unpaired) electrons. The summed E-state index contributed by atoms with van der Waals surface area (Å²) in [6.45, 7) is 2.18. The molecule has 0 saturated heterocycles. The van der Waals surface area contributed by atoms with Gasteiger partial charge in [-0.3, -0.25) is 0 Å². The van der Waals surface area contributed by atoms with Crippen molar-refractivity contribution in [2.75, 3.05) is 0 Å². The van der Waals surface area contributed by atoms with Crippen molar-refractivity contribution in [3.05, 3.63) is 74.7 Å². The Morgan fingerprint density at radius 2 is 1.78 bits per heavy atom. The van der Waals surface area contributed by atoms with E-state index in [9.17, 15) is 5.11 Å². The van der Waals surface area contributed by atoms with Gasteiger partial charge in [-0.15, -0.1) is 11.3 Å². The first kappa shape index (κ1) is 20.6. The van der Waals surface area contributed by atoms with Gasteiger partial charge in [0, 0.05) is 27.0 Å². The van der Waals surface area contributed by atoms with Crippen molar-refractivity contribution in [1.82, 2.24) is 4.98 Å². The number of rotatable bonds is 4. The van der Waals surface area contributed by atoms with E-state index in [1.165, 1.54) is 49.8 Å². The van der Waals surface area contributed by atoms with Crippen LogP contribution in [0.1, 0.15) is 60.9 Å². The molecule has 1 heterocycles. The molecule has 2 unspecified atom stereocenters. The molecule has 0 amide bonds. The Labute approximate surface area is 201 Å². The first-order valence-electron chi connectivity index (χ1n) is 11.5. The maximum atomic E-state index is 10.1. The molecule has 3 nitrogen and oxygen atoms in total. The van der Waals surface area contributed by atoms with Crippen LogP contribution in [0.15, 0.2) is 57.3 Å². The largest absolute Gasteiger partial charge is 0.507 e. The van der Waals surface area contributed by atoms with Crippen LogP contribution in [0.5, 0.6) is 5.75 Å². The van der Waals surface area contributed by atoms with Gasteiger partial charge >= 0.3 is 0 Å². The average Bonchev–Trinajstić information content (AvgIpc) is 3.24. The highest BCUT2D eigenvalue weighted by Crippen LogP contribution is 2.66. The highest BCUT2D eigenvalue weighted by molar-refractivity contribution is 9.10. The van der Waals surface area contributed by atoms with E-state index in [0.717, 1.165) is 21.4 Å². The van der Waals surface area contributed by atoms with E-state index in [1.807, 2.05) is 12.1 Å². The lowest BCUT2D eigenvalue weighted by Crippen LogP contribution is -2.56. The Morgan fingerprint density at radius 3 is 2.53 bits per heavy atom. The van der Waals surface area contributed by atoms with Crippen LogP contribution in [-0.2, 0) is 10.8 Å². The molecule has 1 N–H and O–H groups in total. The molecule has 32 heavy (non-hydrogen) atoms. The van der Waals surface area contributed by atoms with E-state index in [4.69, 9.17) is 4.98 Å². The minimum atomic E-state index is 0.192. The third-order valence-corrected chi connectivity index (χ3v) is 9.31. The molecule has 0 aliphatic heterocycles. The lowest BCUT2D eigenvalue weighted by atomic mass is 9.42. The summed E-state index contributed by atoms with van der Waals surface area (Å²) in [5, 5.41) is 13.1. The molecule has 4 atom stereocenters. The molecule has 164 valence electrons. The SMILES string of the molecule is Cc1ccc(C23C[C@H]4C[C@@H](C2)CC(c2csc(/N=C/c5cc(Br)ccc5O)n2)(C4)C3)cc1. The number of nitrogens with zero attached hydrogens (tertiary/aromatic N) is 2. The van der Waals surface area contributed by atoms with Gasteiger partial charge in [-0.2, -0.15) is 0 Å². The van der Waals surface area contributed by atoms with Gasteiger partial charge in [-0.05, 0) is 86.5 Å². The van der Waals surface area contributed by atoms with Gasteiger partial charge in [0.05, 0.1) is 5.69 Å². The van der Waals surface area contributed by atoms with Crippen LogP contribution in [-0.4, -0.2) is 16.3 Å². The van der Waals surface area contributed by atoms with E-state index in [2.05, 4.69) is 57.5 Å². The monoisotopic (exact) mass is 506 g/mol. The Bertz CT molecular complexity index is 1180. The van der Waals surface area contributed by atoms with Gasteiger partial charge in [0.25, 0.3) is 0 Å². The molecule has 4 fully saturated rings. The van der Waals surface area contributed by atoms with Gasteiger partial charge in [0.1, 0.15) is 5.75 Å². The maximum absolute atomic E-state index is 10.1. The smallest absolute Gasteiger partial charge is 0.209 e. The van der Waals surface area contributed by atoms with Gasteiger partial charge in [0.2, 0.25) is 5.13 Å². The van der Waals surface area contributed by atoms with Crippen LogP contribution in [0.4, 0.5) is 5.13 Å². The molecule has 4 saturated carbocycles. The number of aromatic hydroxyl groups is 1. The summed E-state index contributed by atoms with van der Waals surface area (Å²) in [6.07, 6.45) is 9.56. The molecule has 4 aliphatic carbocycles. The van der Waals surface area contributed by atoms with Crippen LogP contribution in [0.25, 0.3) is 0 Å². The molecule has 4 bridgehead atoms. The summed E-state index contributed by atoms with van der Waals surface area (Å²) in [7, 11) is 0. The number of aromatic nitrogens is 1. The van der Waals surface area contributed by atoms with E-state index in [-0.39, 0.29) is 11.2 Å². The number of hydrogen-bond donors (Lipinski definition) is 1. The fourth-order valence-corrected chi connectivity index (χ4v) is 8.29. The summed E-state index contributed by atoms with van der Waals surface area (Å²) >= 11 is 5.08. The Balaban J connectivity index is 1.32. The van der Waals surface area contributed by atoms with Crippen molar-refractivity contribution in [3.63, 3.8) is 0 Å². The van der Waals surface area contributed by atoms with Crippen LogP contribution in [0, 0.1) is 18.8 Å². The average molecular weight is 507 g/mol. The van der Waals surface area contributed by atoms with Crippen molar-refractivity contribution in [3.8, 4) is 5.75 Å². The topological polar surface area (TPSA) is 45.5 Å². The second-order valence-corrected chi connectivity index (χ2v) is 12.1. The number of phenolic OH excluding ortho intramolecular Hbond substituents is 1. The zero-order valence-corrected chi connectivity index (χ0v) is 20.6. The van der Waals surface area contributed by atoms with Crippen LogP contribution in [0.2, 0.25) is 0 Å². The highest BCUT2D eigenvalue weighted by Gasteiger charge is 2.59. The zero-order valence-electron chi connectivity index (χ0n) is 18.2. The molecule has 0 spiro atoms. The third kappa shape index (κ3) is 3.45. The Morgan fingerprint density at radius 1 is 1.06 bits per heavy atom. The minimum absolute atomic E-state index is 0.192. The molecule has 4 aliphatic rings. The fraction of sp³-hybridized carbons (Fsp3) is 0.407. The van der Waals surface area contributed by atoms with Crippen LogP contribution >= 0.6 is 27.3 Å². The molecular weight excluding hydrogens is 480 g/mol. The lowest BCUT2D eigenvalue weighted by Gasteiger charge is -2.62. The zero-order chi connectivity index (χ0) is 21.9. The minimum Gasteiger partial charge on any atom is -0.507 e. The number of aliphatic imine (C=N–C) groups is 1. The van der Waals surface area contributed by atoms with Crippen molar-refractivity contribution >= 4 is 38.6 Å². The Hall–Kier alpha value is -1.98. The van der Waals surface area contributed by atoms with E-state index in [0.29, 0.717) is 11.0 Å². The molecular formula is C27H27BrN2OS. The second kappa shape index (κ2) is 7.53. The predicted octanol–water partition coefficient (Wildman–Crippen LogP) is 7.46. The maximum Gasteiger partial charge on any atom is 0.209 e. The molecule has 7 rings (SSSR count). The van der Waals surface area contributed by atoms with Gasteiger partial charge in [0.15, 0.2) is 0 Å². The van der Waals surface area contributed by atoms with Crippen molar-refractivity contribution in [2.45, 2.75) is 56.3 Å². The summed E-state index contributed by atoms with van der Waals surface area (Å²) in [5.74, 6) is 1.85. The standard InChI is InChI=1S/C27H27BrN2OS/c1-17-2-4-21(5-3-17)26-10-18-8-19(11-26)13-27(12-18,16-26)24-15-32-25(30-24)29-14-20-9-22(28)6-7-23(20)31/h2-7,9,14-15,18-19,31H,8,10-13,16H2,1H3/b29-14+/t18-,19+,26?,27?. The van der Waals surface area contributed by atoms with E-state index < -0.39 is 0 Å². The lowest BCUT2D eigenvalue weighted by molar-refractivity contribution is -0.0296. The van der Waals surface area contributed by atoms with Crippen molar-refractivity contribution < 1.29 is 5.11 Å². The second-order valence-electron chi connectivity index (χ2n) is 10.4. The number of halogens is 1. The van der Waals surface area contributed by atoms with Crippen molar-refractivity contribution in [2.24, 2.45) is 16.8 Å². The number of phenols is 1. The van der Waals surface area contributed by atoms with Crippen molar-refractivity contribution in [1.29, 1.82) is 0 Å². The quantitative estimate of drug-likeness (QED) is 0.373. The fourth-order valence-electron chi connectivity index (χ4n) is 7.13. The predicted molar refractivity (Wildman–Crippen MR) is 134 cm³/mol. The van der Waals surface area contributed by atoms with Gasteiger partial charge < -0.3 is 5.11 Å². The van der Waals surface area contributed by atoms with E-state index >= 15 is 0 Å². The first-order chi connectivity index (χ1) is 15.4. The number of hydrogen-bond acceptors (Lipinski definition) is 4. The number of aryl methyl sites for hydroxylation is 1. The summed E-state index contributed by atoms with van der Waals surface area (Å²) in [4.78, 5) is 9.65. The number of benzene rings is 2. The van der Waals surface area contributed by atoms with Crippen LogP contribution in [0.3, 0.4) is 0 Å². The molecule has 3 aromatic rings. The molecule has 2 aromatic carbocycles. The normalized spacial score (nSPS) is 30.9. The Kier molecular flexibility index (Phi) is 4.85. The number of thiazole rings is 1. The van der Waals surface area contributed by atoms with Crippen LogP contribution < -0.4 is 0 Å². The molecule has 5 heteroatoms. The van der Waals surface area contributed by atoms with Gasteiger partial charge in [-0.25, -0.2) is 9.98 Å². The van der Waals surface area contributed by atoms with E-state index in [1.54, 1.807) is 29.2 Å². The third-order valence-electron chi connectivity index (χ3n) is 8.06. The summed E-state index contributed by atoms with van der Waals surface area (Å²) in [5.41, 5.74) is 5.33.